The van der Waals surface area contributed by atoms with Crippen molar-refractivity contribution in [3.05, 3.63) is 29.3 Å². The quantitative estimate of drug-likeness (QED) is 0.768. The third kappa shape index (κ3) is 2.99. The van der Waals surface area contributed by atoms with Gasteiger partial charge in [0.2, 0.25) is 0 Å². The molecule has 0 aromatic heterocycles. The van der Waals surface area contributed by atoms with Crippen molar-refractivity contribution < 1.29 is 9.47 Å². The van der Waals surface area contributed by atoms with Gasteiger partial charge in [-0.3, -0.25) is 0 Å². The first-order valence-corrected chi connectivity index (χ1v) is 6.18. The van der Waals surface area contributed by atoms with E-state index in [1.54, 1.807) is 7.11 Å². The molecular weight excluding hydrogens is 214 g/mol. The van der Waals surface area contributed by atoms with Crippen LogP contribution in [0, 0.1) is 12.8 Å². The van der Waals surface area contributed by atoms with Crippen LogP contribution in [0.3, 0.4) is 0 Å². The van der Waals surface area contributed by atoms with E-state index in [4.69, 9.17) is 15.2 Å². The minimum Gasteiger partial charge on any atom is -0.491 e. The van der Waals surface area contributed by atoms with Crippen molar-refractivity contribution in [3.63, 3.8) is 0 Å². The highest BCUT2D eigenvalue weighted by atomic mass is 16.5. The van der Waals surface area contributed by atoms with Crippen molar-refractivity contribution in [3.8, 4) is 5.75 Å². The Kier molecular flexibility index (Phi) is 4.02. The Morgan fingerprint density at radius 2 is 2.18 bits per heavy atom. The minimum absolute atomic E-state index is 0.595. The molecule has 1 aliphatic rings. The van der Waals surface area contributed by atoms with Gasteiger partial charge < -0.3 is 15.2 Å². The Hall–Kier alpha value is -1.06. The number of hydrogen-bond acceptors (Lipinski definition) is 3. The lowest BCUT2D eigenvalue weighted by Gasteiger charge is -2.12. The van der Waals surface area contributed by atoms with Gasteiger partial charge in [-0.05, 0) is 43.4 Å². The zero-order chi connectivity index (χ0) is 12.3. The highest BCUT2D eigenvalue weighted by Crippen LogP contribution is 2.49. The average molecular weight is 235 g/mol. The average Bonchev–Trinajstić information content (AvgIpc) is 3.10. The van der Waals surface area contributed by atoms with Crippen LogP contribution in [0.5, 0.6) is 5.75 Å². The van der Waals surface area contributed by atoms with Crippen LogP contribution in [0.15, 0.2) is 18.2 Å². The van der Waals surface area contributed by atoms with E-state index in [2.05, 4.69) is 25.1 Å². The Balaban J connectivity index is 2.08. The summed E-state index contributed by atoms with van der Waals surface area (Å²) in [7, 11) is 1.69. The number of rotatable bonds is 6. The summed E-state index contributed by atoms with van der Waals surface area (Å²) in [5.41, 5.74) is 8.31. The summed E-state index contributed by atoms with van der Waals surface area (Å²) < 4.78 is 10.8. The molecule has 1 fully saturated rings. The first-order valence-electron chi connectivity index (χ1n) is 6.18. The van der Waals surface area contributed by atoms with Crippen molar-refractivity contribution in [2.75, 3.05) is 26.9 Å². The van der Waals surface area contributed by atoms with Crippen molar-refractivity contribution in [2.24, 2.45) is 11.7 Å². The maximum absolute atomic E-state index is 5.76. The zero-order valence-corrected chi connectivity index (χ0v) is 10.6. The largest absolute Gasteiger partial charge is 0.491 e. The number of aryl methyl sites for hydroxylation is 1. The van der Waals surface area contributed by atoms with Gasteiger partial charge in [-0.1, -0.05) is 17.7 Å². The molecule has 0 amide bonds. The van der Waals surface area contributed by atoms with Gasteiger partial charge in [-0.15, -0.1) is 0 Å². The highest BCUT2D eigenvalue weighted by Gasteiger charge is 2.38. The second kappa shape index (κ2) is 5.52. The molecule has 1 aromatic carbocycles. The number of benzene rings is 1. The van der Waals surface area contributed by atoms with Gasteiger partial charge in [0, 0.05) is 7.11 Å². The van der Waals surface area contributed by atoms with Crippen LogP contribution < -0.4 is 10.5 Å². The maximum Gasteiger partial charge on any atom is 0.122 e. The monoisotopic (exact) mass is 235 g/mol. The Morgan fingerprint density at radius 3 is 2.82 bits per heavy atom. The molecule has 0 saturated heterocycles. The summed E-state index contributed by atoms with van der Waals surface area (Å²) in [6.07, 6.45) is 1.20. The smallest absolute Gasteiger partial charge is 0.122 e. The summed E-state index contributed by atoms with van der Waals surface area (Å²) in [6.45, 7) is 4.11. The number of methoxy groups -OCH3 is 1. The summed E-state index contributed by atoms with van der Waals surface area (Å²) in [4.78, 5) is 0. The van der Waals surface area contributed by atoms with Crippen molar-refractivity contribution in [1.82, 2.24) is 0 Å². The van der Waals surface area contributed by atoms with Gasteiger partial charge in [-0.2, -0.15) is 0 Å². The van der Waals surface area contributed by atoms with E-state index < -0.39 is 0 Å². The Labute approximate surface area is 103 Å². The minimum atomic E-state index is 0.595. The van der Waals surface area contributed by atoms with E-state index in [1.807, 2.05) is 0 Å². The Morgan fingerprint density at radius 1 is 1.35 bits per heavy atom. The number of nitrogens with two attached hydrogens (primary N) is 1. The molecule has 94 valence electrons. The predicted octanol–water partition coefficient (Wildman–Crippen LogP) is 2.08. The summed E-state index contributed by atoms with van der Waals surface area (Å²) in [5, 5.41) is 0. The molecule has 1 aromatic rings. The second-order valence-corrected chi connectivity index (χ2v) is 4.72. The van der Waals surface area contributed by atoms with Crippen molar-refractivity contribution in [2.45, 2.75) is 19.3 Å². The first-order chi connectivity index (χ1) is 8.26. The van der Waals surface area contributed by atoms with Crippen LogP contribution in [0.2, 0.25) is 0 Å². The lowest BCUT2D eigenvalue weighted by Crippen LogP contribution is -2.07. The van der Waals surface area contributed by atoms with Gasteiger partial charge in [0.15, 0.2) is 0 Å². The fraction of sp³-hybridized carbons (Fsp3) is 0.571. The third-order valence-corrected chi connectivity index (χ3v) is 3.34. The molecule has 17 heavy (non-hydrogen) atoms. The molecule has 2 unspecified atom stereocenters. The standard InChI is InChI=1S/C14H21NO2/c1-10-3-4-14(17-6-5-16-2)13(7-10)12-8-11(12)9-15/h3-4,7,11-12H,5-6,8-9,15H2,1-2H3. The molecule has 2 N–H and O–H groups in total. The molecule has 0 bridgehead atoms. The van der Waals surface area contributed by atoms with Crippen molar-refractivity contribution >= 4 is 0 Å². The van der Waals surface area contributed by atoms with Crippen LogP contribution in [0.1, 0.15) is 23.5 Å². The molecule has 3 nitrogen and oxygen atoms in total. The molecule has 0 heterocycles. The summed E-state index contributed by atoms with van der Waals surface area (Å²) in [6, 6.07) is 6.38. The van der Waals surface area contributed by atoms with Gasteiger partial charge >= 0.3 is 0 Å². The van der Waals surface area contributed by atoms with Gasteiger partial charge in [-0.25, -0.2) is 0 Å². The fourth-order valence-corrected chi connectivity index (χ4v) is 2.21. The number of hydrogen-bond donors (Lipinski definition) is 1. The molecule has 1 aliphatic carbocycles. The van der Waals surface area contributed by atoms with Gasteiger partial charge in [0.05, 0.1) is 6.61 Å². The SMILES string of the molecule is COCCOc1ccc(C)cc1C1CC1CN. The van der Waals surface area contributed by atoms with Gasteiger partial charge in [0.25, 0.3) is 0 Å². The predicted molar refractivity (Wildman–Crippen MR) is 68.5 cm³/mol. The van der Waals surface area contributed by atoms with E-state index in [0.29, 0.717) is 25.0 Å². The highest BCUT2D eigenvalue weighted by molar-refractivity contribution is 5.42. The topological polar surface area (TPSA) is 44.5 Å². The summed E-state index contributed by atoms with van der Waals surface area (Å²) in [5.74, 6) is 2.23. The van der Waals surface area contributed by atoms with Crippen molar-refractivity contribution in [1.29, 1.82) is 0 Å². The van der Waals surface area contributed by atoms with E-state index in [0.717, 1.165) is 12.3 Å². The molecule has 0 radical (unpaired) electrons. The maximum atomic E-state index is 5.76. The molecule has 3 heteroatoms. The lowest BCUT2D eigenvalue weighted by molar-refractivity contribution is 0.145. The van der Waals surface area contributed by atoms with E-state index in [9.17, 15) is 0 Å². The third-order valence-electron chi connectivity index (χ3n) is 3.34. The zero-order valence-electron chi connectivity index (χ0n) is 10.6. The molecule has 1 saturated carbocycles. The molecule has 0 spiro atoms. The van der Waals surface area contributed by atoms with Crippen LogP contribution in [0.4, 0.5) is 0 Å². The molecule has 2 rings (SSSR count). The van der Waals surface area contributed by atoms with E-state index in [1.165, 1.54) is 17.5 Å². The second-order valence-electron chi connectivity index (χ2n) is 4.72. The number of ether oxygens (including phenoxy) is 2. The van der Waals surface area contributed by atoms with Crippen LogP contribution >= 0.6 is 0 Å². The molecule has 2 atom stereocenters. The van der Waals surface area contributed by atoms with E-state index >= 15 is 0 Å². The summed E-state index contributed by atoms with van der Waals surface area (Å²) >= 11 is 0. The molecule has 0 aliphatic heterocycles. The lowest BCUT2D eigenvalue weighted by atomic mass is 10.0. The van der Waals surface area contributed by atoms with Crippen LogP contribution in [-0.4, -0.2) is 26.9 Å². The van der Waals surface area contributed by atoms with Crippen LogP contribution in [-0.2, 0) is 4.74 Å². The fourth-order valence-electron chi connectivity index (χ4n) is 2.21. The van der Waals surface area contributed by atoms with Gasteiger partial charge in [0.1, 0.15) is 12.4 Å². The normalized spacial score (nSPS) is 22.5. The van der Waals surface area contributed by atoms with Crippen LogP contribution in [0.25, 0.3) is 0 Å². The van der Waals surface area contributed by atoms with E-state index in [-0.39, 0.29) is 0 Å². The molecular formula is C14H21NO2. The Bertz CT molecular complexity index is 378. The first kappa shape index (κ1) is 12.4.